The van der Waals surface area contributed by atoms with Crippen LogP contribution in [0.4, 0.5) is 0 Å². The summed E-state index contributed by atoms with van der Waals surface area (Å²) in [6, 6.07) is 9.25. The third-order valence-corrected chi connectivity index (χ3v) is 4.77. The van der Waals surface area contributed by atoms with Crippen LogP contribution in [0.25, 0.3) is 0 Å². The molecule has 0 bridgehead atoms. The van der Waals surface area contributed by atoms with Crippen molar-refractivity contribution in [1.82, 2.24) is 0 Å². The minimum absolute atomic E-state index is 0.246. The number of thiophene rings is 1. The molecule has 6 heteroatoms. The average molecular weight is 346 g/mol. The summed E-state index contributed by atoms with van der Waals surface area (Å²) in [4.78, 5) is 0. The van der Waals surface area contributed by atoms with Gasteiger partial charge >= 0.3 is 0 Å². The van der Waals surface area contributed by atoms with E-state index >= 15 is 0 Å². The maximum Gasteiger partial charge on any atom is 0.119 e. The molecule has 0 aliphatic rings. The van der Waals surface area contributed by atoms with E-state index < -0.39 is 6.10 Å². The Hall–Kier alpha value is -0.780. The highest BCUT2D eigenvalue weighted by atomic mass is 35.5. The smallest absolute Gasteiger partial charge is 0.119 e. The molecule has 1 aromatic carbocycles. The van der Waals surface area contributed by atoms with Gasteiger partial charge in [0, 0.05) is 18.0 Å². The minimum atomic E-state index is -0.788. The number of rotatable bonds is 6. The van der Waals surface area contributed by atoms with E-state index in [2.05, 4.69) is 0 Å². The Morgan fingerprint density at radius 2 is 1.95 bits per heavy atom. The molecule has 1 aromatic heterocycles. The van der Waals surface area contributed by atoms with Crippen molar-refractivity contribution in [2.45, 2.75) is 18.9 Å². The molecule has 0 amide bonds. The van der Waals surface area contributed by atoms with Crippen molar-refractivity contribution in [2.75, 3.05) is 13.2 Å². The standard InChI is InChI=1S/C15H17Cl2NO2S/c1-2-20-10-5-3-9(4-6-10)12(8-18)14(19)11-7-13(16)21-15(11)17/h3-7,12,14,19H,2,8,18H2,1H3. The fourth-order valence-electron chi connectivity index (χ4n) is 2.20. The Bertz CT molecular complexity index is 586. The third-order valence-electron chi connectivity index (χ3n) is 3.26. The summed E-state index contributed by atoms with van der Waals surface area (Å²) in [6.45, 7) is 2.85. The molecule has 2 unspecified atom stereocenters. The summed E-state index contributed by atoms with van der Waals surface area (Å²) < 4.78 is 6.46. The Balaban J connectivity index is 2.24. The van der Waals surface area contributed by atoms with Crippen LogP contribution in [0.5, 0.6) is 5.75 Å². The SMILES string of the molecule is CCOc1ccc(C(CN)C(O)c2cc(Cl)sc2Cl)cc1. The van der Waals surface area contributed by atoms with E-state index in [0.29, 0.717) is 27.4 Å². The number of aliphatic hydroxyl groups is 1. The van der Waals surface area contributed by atoms with Crippen molar-refractivity contribution >= 4 is 34.5 Å². The second-order valence-corrected chi connectivity index (χ2v) is 6.85. The molecule has 0 radical (unpaired) electrons. The lowest BCUT2D eigenvalue weighted by molar-refractivity contribution is 0.148. The van der Waals surface area contributed by atoms with Gasteiger partial charge in [0.25, 0.3) is 0 Å². The predicted octanol–water partition coefficient (Wildman–Crippen LogP) is 4.23. The average Bonchev–Trinajstić information content (AvgIpc) is 2.80. The zero-order valence-electron chi connectivity index (χ0n) is 11.6. The van der Waals surface area contributed by atoms with E-state index in [4.69, 9.17) is 33.7 Å². The summed E-state index contributed by atoms with van der Waals surface area (Å²) in [5, 5.41) is 10.6. The quantitative estimate of drug-likeness (QED) is 0.823. The van der Waals surface area contributed by atoms with Crippen LogP contribution >= 0.6 is 34.5 Å². The van der Waals surface area contributed by atoms with E-state index in [9.17, 15) is 5.11 Å². The van der Waals surface area contributed by atoms with Gasteiger partial charge in [-0.2, -0.15) is 0 Å². The number of hydrogen-bond donors (Lipinski definition) is 2. The summed E-state index contributed by atoms with van der Waals surface area (Å²) in [5.41, 5.74) is 7.39. The van der Waals surface area contributed by atoms with Gasteiger partial charge in [0.05, 0.1) is 17.0 Å². The van der Waals surface area contributed by atoms with Crippen molar-refractivity contribution < 1.29 is 9.84 Å². The Morgan fingerprint density at radius 3 is 2.43 bits per heavy atom. The Morgan fingerprint density at radius 1 is 1.29 bits per heavy atom. The fraction of sp³-hybridized carbons (Fsp3) is 0.333. The van der Waals surface area contributed by atoms with Crippen LogP contribution in [0.3, 0.4) is 0 Å². The first-order valence-corrected chi connectivity index (χ1v) is 8.19. The molecule has 0 aliphatic heterocycles. The van der Waals surface area contributed by atoms with Gasteiger partial charge in [-0.1, -0.05) is 35.3 Å². The molecule has 0 saturated heterocycles. The van der Waals surface area contributed by atoms with Gasteiger partial charge in [-0.05, 0) is 30.7 Å². The molecule has 2 aromatic rings. The molecule has 3 nitrogen and oxygen atoms in total. The van der Waals surface area contributed by atoms with Crippen molar-refractivity contribution in [1.29, 1.82) is 0 Å². The molecule has 0 spiro atoms. The topological polar surface area (TPSA) is 55.5 Å². The predicted molar refractivity (Wildman–Crippen MR) is 88.7 cm³/mol. The van der Waals surface area contributed by atoms with Crippen molar-refractivity contribution in [3.05, 3.63) is 50.1 Å². The number of nitrogens with two attached hydrogens (primary N) is 1. The molecule has 114 valence electrons. The molecule has 1 heterocycles. The van der Waals surface area contributed by atoms with Crippen LogP contribution in [0.15, 0.2) is 30.3 Å². The lowest BCUT2D eigenvalue weighted by atomic mass is 9.90. The van der Waals surface area contributed by atoms with Gasteiger partial charge in [0.2, 0.25) is 0 Å². The lowest BCUT2D eigenvalue weighted by Gasteiger charge is -2.22. The highest BCUT2D eigenvalue weighted by molar-refractivity contribution is 7.20. The Labute approximate surface area is 138 Å². The first-order valence-electron chi connectivity index (χ1n) is 6.62. The maximum atomic E-state index is 10.6. The molecule has 3 N–H and O–H groups in total. The van der Waals surface area contributed by atoms with Crippen LogP contribution < -0.4 is 10.5 Å². The van der Waals surface area contributed by atoms with Crippen LogP contribution in [-0.2, 0) is 0 Å². The highest BCUT2D eigenvalue weighted by Crippen LogP contribution is 2.40. The zero-order valence-corrected chi connectivity index (χ0v) is 13.9. The molecule has 0 fully saturated rings. The number of aliphatic hydroxyl groups excluding tert-OH is 1. The van der Waals surface area contributed by atoms with Gasteiger partial charge in [-0.25, -0.2) is 0 Å². The largest absolute Gasteiger partial charge is 0.494 e. The third kappa shape index (κ3) is 3.90. The first kappa shape index (κ1) is 16.6. The molecule has 2 atom stereocenters. The minimum Gasteiger partial charge on any atom is -0.494 e. The normalized spacial score (nSPS) is 14.0. The highest BCUT2D eigenvalue weighted by Gasteiger charge is 2.25. The van der Waals surface area contributed by atoms with Crippen LogP contribution in [0, 0.1) is 0 Å². The second-order valence-electron chi connectivity index (χ2n) is 4.57. The van der Waals surface area contributed by atoms with Gasteiger partial charge < -0.3 is 15.6 Å². The summed E-state index contributed by atoms with van der Waals surface area (Å²) in [7, 11) is 0. The van der Waals surface area contributed by atoms with Crippen molar-refractivity contribution in [3.8, 4) is 5.75 Å². The maximum absolute atomic E-state index is 10.6. The summed E-state index contributed by atoms with van der Waals surface area (Å²) in [5.74, 6) is 0.548. The van der Waals surface area contributed by atoms with Crippen molar-refractivity contribution in [2.24, 2.45) is 5.73 Å². The van der Waals surface area contributed by atoms with Gasteiger partial charge in [-0.15, -0.1) is 11.3 Å². The molecule has 0 aliphatic carbocycles. The van der Waals surface area contributed by atoms with Crippen LogP contribution in [0.1, 0.15) is 30.1 Å². The number of hydrogen-bond acceptors (Lipinski definition) is 4. The van der Waals surface area contributed by atoms with E-state index in [-0.39, 0.29) is 5.92 Å². The summed E-state index contributed by atoms with van der Waals surface area (Å²) >= 11 is 13.3. The van der Waals surface area contributed by atoms with Crippen LogP contribution in [-0.4, -0.2) is 18.3 Å². The lowest BCUT2D eigenvalue weighted by Crippen LogP contribution is -2.20. The van der Waals surface area contributed by atoms with Crippen molar-refractivity contribution in [3.63, 3.8) is 0 Å². The molecule has 2 rings (SSSR count). The molecular formula is C15H17Cl2NO2S. The van der Waals surface area contributed by atoms with E-state index in [1.54, 1.807) is 6.07 Å². The van der Waals surface area contributed by atoms with Gasteiger partial charge in [0.1, 0.15) is 10.1 Å². The number of ether oxygens (including phenoxy) is 1. The number of benzene rings is 1. The molecule has 0 saturated carbocycles. The van der Waals surface area contributed by atoms with Crippen LogP contribution in [0.2, 0.25) is 8.67 Å². The number of halogens is 2. The van der Waals surface area contributed by atoms with E-state index in [1.807, 2.05) is 31.2 Å². The van der Waals surface area contributed by atoms with Gasteiger partial charge in [-0.3, -0.25) is 0 Å². The monoisotopic (exact) mass is 345 g/mol. The van der Waals surface area contributed by atoms with Gasteiger partial charge in [0.15, 0.2) is 0 Å². The fourth-order valence-corrected chi connectivity index (χ4v) is 3.73. The zero-order chi connectivity index (χ0) is 15.4. The van der Waals surface area contributed by atoms with E-state index in [0.717, 1.165) is 11.3 Å². The summed E-state index contributed by atoms with van der Waals surface area (Å²) in [6.07, 6.45) is -0.788. The first-order chi connectivity index (χ1) is 10.1. The molecular weight excluding hydrogens is 329 g/mol. The molecule has 21 heavy (non-hydrogen) atoms. The second kappa shape index (κ2) is 7.47. The van der Waals surface area contributed by atoms with E-state index in [1.165, 1.54) is 11.3 Å². The Kier molecular flexibility index (Phi) is 5.90.